The number of hydrogen-bond acceptors (Lipinski definition) is 7. The van der Waals surface area contributed by atoms with Gasteiger partial charge in [0.2, 0.25) is 5.52 Å². The highest BCUT2D eigenvalue weighted by molar-refractivity contribution is 8.03. The van der Waals surface area contributed by atoms with Crippen molar-refractivity contribution in [3.8, 4) is 0 Å². The molecule has 0 unspecified atom stereocenters. The molecule has 0 bridgehead atoms. The second-order valence-corrected chi connectivity index (χ2v) is 17.3. The number of fused-ring (bicyclic) bond motifs is 2. The summed E-state index contributed by atoms with van der Waals surface area (Å²) in [6.07, 6.45) is 22.8. The molecule has 2 aromatic carbocycles. The van der Waals surface area contributed by atoms with Crippen LogP contribution in [0.5, 0.6) is 0 Å². The summed E-state index contributed by atoms with van der Waals surface area (Å²) in [7, 11) is 0. The number of anilines is 1. The number of rotatable bonds is 10. The van der Waals surface area contributed by atoms with Gasteiger partial charge in [-0.05, 0) is 96.9 Å². The Morgan fingerprint density at radius 2 is 1.35 bits per heavy atom. The predicted octanol–water partition coefficient (Wildman–Crippen LogP) is 10.3. The van der Waals surface area contributed by atoms with E-state index in [0.29, 0.717) is 22.3 Å². The molecule has 0 fully saturated rings. The molecule has 0 saturated heterocycles. The Bertz CT molecular complexity index is 2140. The number of aromatic nitrogens is 1. The molecule has 1 aliphatic heterocycles. The maximum absolute atomic E-state index is 11.6. The van der Waals surface area contributed by atoms with Crippen molar-refractivity contribution in [2.45, 2.75) is 78.7 Å². The largest absolute Gasteiger partial charge is 0.335 e. The first-order valence-electron chi connectivity index (χ1n) is 17.5. The van der Waals surface area contributed by atoms with Crippen LogP contribution in [0.1, 0.15) is 114 Å². The zero-order valence-corrected chi connectivity index (χ0v) is 31.9. The molecule has 0 radical (unpaired) electrons. The van der Waals surface area contributed by atoms with Gasteiger partial charge in [-0.1, -0.05) is 81.2 Å². The number of carbonyl (C=O) groups excluding carboxylic acids is 4. The van der Waals surface area contributed by atoms with Crippen LogP contribution in [0, 0.1) is 10.8 Å². The number of carbonyl (C=O) groups is 4. The summed E-state index contributed by atoms with van der Waals surface area (Å²) in [5.74, 6) is 0. The van der Waals surface area contributed by atoms with Crippen molar-refractivity contribution in [1.82, 2.24) is 0 Å². The molecule has 0 saturated carbocycles. The standard InChI is InChI=1S/C43H45N2O4S2/c1-7-44-36-16-32(24-46)34(26-48)18-38(36)50-40(44)14-30-12-28(20-42(3,4)22-30)10-9-11-29-13-31(23-43(5,6)21-29)15-41-45(8-2)37-17-33(25-47)35(27-49)19-39(37)51-41/h9-19,24-27H,7-8,20-23H2,1-6H3/q+1. The average Bonchev–Trinajstić information content (AvgIpc) is 3.60. The first-order valence-corrected chi connectivity index (χ1v) is 19.2. The number of aldehydes is 4. The van der Waals surface area contributed by atoms with Gasteiger partial charge in [0.25, 0.3) is 5.01 Å². The van der Waals surface area contributed by atoms with Gasteiger partial charge in [0.05, 0.1) is 10.7 Å². The molecule has 1 aromatic heterocycles. The van der Waals surface area contributed by atoms with Crippen molar-refractivity contribution in [2.24, 2.45) is 10.8 Å². The Labute approximate surface area is 309 Å². The van der Waals surface area contributed by atoms with Gasteiger partial charge in [-0.2, -0.15) is 4.57 Å². The van der Waals surface area contributed by atoms with Gasteiger partial charge in [0.15, 0.2) is 25.1 Å². The maximum atomic E-state index is 11.6. The molecular weight excluding hydrogens is 673 g/mol. The lowest BCUT2D eigenvalue weighted by atomic mass is 9.74. The lowest BCUT2D eigenvalue weighted by Gasteiger charge is -2.31. The quantitative estimate of drug-likeness (QED) is 0.154. The van der Waals surface area contributed by atoms with Crippen LogP contribution < -0.4 is 9.47 Å². The Morgan fingerprint density at radius 3 is 2.02 bits per heavy atom. The molecule has 0 N–H and O–H groups in total. The number of thioether (sulfide) groups is 1. The highest BCUT2D eigenvalue weighted by Gasteiger charge is 2.30. The molecule has 2 heterocycles. The molecule has 51 heavy (non-hydrogen) atoms. The summed E-state index contributed by atoms with van der Waals surface area (Å²) in [6, 6.07) is 7.32. The minimum Gasteiger partial charge on any atom is -0.335 e. The molecule has 262 valence electrons. The number of aryl methyl sites for hydroxylation is 1. The smallest absolute Gasteiger partial charge is 0.263 e. The molecule has 8 heteroatoms. The summed E-state index contributed by atoms with van der Waals surface area (Å²) in [5.41, 5.74) is 8.96. The Hall–Kier alpha value is -4.40. The molecule has 0 atom stereocenters. The van der Waals surface area contributed by atoms with E-state index in [1.54, 1.807) is 23.1 Å². The summed E-state index contributed by atoms with van der Waals surface area (Å²) in [4.78, 5) is 49.7. The van der Waals surface area contributed by atoms with Crippen molar-refractivity contribution in [3.63, 3.8) is 0 Å². The molecule has 3 aromatic rings. The van der Waals surface area contributed by atoms with Gasteiger partial charge < -0.3 is 4.90 Å². The number of thiazole rings is 1. The molecule has 3 aliphatic rings. The van der Waals surface area contributed by atoms with E-state index in [4.69, 9.17) is 0 Å². The normalized spacial score (nSPS) is 20.6. The fourth-order valence-corrected chi connectivity index (χ4v) is 10.1. The molecule has 6 rings (SSSR count). The van der Waals surface area contributed by atoms with Crippen molar-refractivity contribution in [3.05, 3.63) is 115 Å². The van der Waals surface area contributed by atoms with E-state index in [1.165, 1.54) is 22.3 Å². The maximum Gasteiger partial charge on any atom is 0.263 e. The topological polar surface area (TPSA) is 75.4 Å². The van der Waals surface area contributed by atoms with Crippen LogP contribution in [0.25, 0.3) is 16.3 Å². The number of benzene rings is 2. The minimum atomic E-state index is 0.100. The average molecular weight is 718 g/mol. The van der Waals surface area contributed by atoms with Crippen molar-refractivity contribution < 1.29 is 23.7 Å². The van der Waals surface area contributed by atoms with E-state index < -0.39 is 0 Å². The van der Waals surface area contributed by atoms with E-state index in [9.17, 15) is 19.2 Å². The second kappa shape index (κ2) is 14.7. The van der Waals surface area contributed by atoms with Crippen LogP contribution in [-0.2, 0) is 6.54 Å². The van der Waals surface area contributed by atoms with Gasteiger partial charge in [-0.25, -0.2) is 0 Å². The third-order valence-electron chi connectivity index (χ3n) is 9.72. The molecule has 6 nitrogen and oxygen atoms in total. The van der Waals surface area contributed by atoms with Gasteiger partial charge >= 0.3 is 0 Å². The predicted molar refractivity (Wildman–Crippen MR) is 210 cm³/mol. The molecular formula is C43H45N2O4S2+. The first-order chi connectivity index (χ1) is 24.4. The lowest BCUT2D eigenvalue weighted by molar-refractivity contribution is -0.665. The van der Waals surface area contributed by atoms with Crippen LogP contribution in [0.15, 0.2) is 92.9 Å². The minimum absolute atomic E-state index is 0.100. The van der Waals surface area contributed by atoms with Gasteiger partial charge in [-0.15, -0.1) is 0 Å². The van der Waals surface area contributed by atoms with Crippen LogP contribution in [-0.4, -0.2) is 31.7 Å². The van der Waals surface area contributed by atoms with E-state index in [0.717, 1.165) is 94.8 Å². The number of allylic oxidation sites excluding steroid dienone is 10. The third-order valence-corrected chi connectivity index (χ3v) is 11.9. The van der Waals surface area contributed by atoms with Crippen LogP contribution >= 0.6 is 23.1 Å². The molecule has 2 aliphatic carbocycles. The first kappa shape index (κ1) is 36.4. The highest BCUT2D eigenvalue weighted by atomic mass is 32.2. The summed E-state index contributed by atoms with van der Waals surface area (Å²) >= 11 is 3.31. The summed E-state index contributed by atoms with van der Waals surface area (Å²) < 4.78 is 3.22. The molecule has 0 amide bonds. The summed E-state index contributed by atoms with van der Waals surface area (Å²) in [6.45, 7) is 15.0. The zero-order chi connectivity index (χ0) is 36.5. The van der Waals surface area contributed by atoms with E-state index >= 15 is 0 Å². The SMILES string of the molecule is CCN1/C(=C/C2=CC(=C/C=C/C3=CC(=C/c4sc5cc(C=O)c(C=O)cc5[n+]4CC)/CC(C)(C)C3)/CC(C)(C)C2)Sc2cc(C=O)c(C=O)cc21. The van der Waals surface area contributed by atoms with Crippen LogP contribution in [0.4, 0.5) is 5.69 Å². The van der Waals surface area contributed by atoms with Crippen LogP contribution in [0.3, 0.4) is 0 Å². The molecule has 0 spiro atoms. The second-order valence-electron chi connectivity index (χ2n) is 15.2. The van der Waals surface area contributed by atoms with Crippen molar-refractivity contribution in [1.29, 1.82) is 0 Å². The number of nitrogens with zero attached hydrogens (tertiary/aromatic N) is 2. The van der Waals surface area contributed by atoms with Crippen molar-refractivity contribution in [2.75, 3.05) is 11.4 Å². The number of hydrogen-bond donors (Lipinski definition) is 0. The van der Waals surface area contributed by atoms with Gasteiger partial charge in [-0.3, -0.25) is 19.2 Å². The van der Waals surface area contributed by atoms with Gasteiger partial charge in [0.1, 0.15) is 11.2 Å². The van der Waals surface area contributed by atoms with Gasteiger partial charge in [0, 0.05) is 45.8 Å². The fourth-order valence-electron chi connectivity index (χ4n) is 7.66. The van der Waals surface area contributed by atoms with E-state index in [-0.39, 0.29) is 10.8 Å². The highest BCUT2D eigenvalue weighted by Crippen LogP contribution is 2.48. The van der Waals surface area contributed by atoms with E-state index in [2.05, 4.69) is 93.5 Å². The Kier molecular flexibility index (Phi) is 10.5. The van der Waals surface area contributed by atoms with E-state index in [1.807, 2.05) is 24.3 Å². The Morgan fingerprint density at radius 1 is 0.745 bits per heavy atom. The Balaban J connectivity index is 1.28. The van der Waals surface area contributed by atoms with Crippen LogP contribution in [0.2, 0.25) is 0 Å². The monoisotopic (exact) mass is 717 g/mol. The fraction of sp³-hybridized carbons (Fsp3) is 0.326. The zero-order valence-electron chi connectivity index (χ0n) is 30.2. The third kappa shape index (κ3) is 7.77. The summed E-state index contributed by atoms with van der Waals surface area (Å²) in [5, 5.41) is 2.22. The lowest BCUT2D eigenvalue weighted by Crippen LogP contribution is -2.33. The van der Waals surface area contributed by atoms with Crippen molar-refractivity contribution >= 4 is 70.2 Å².